The van der Waals surface area contributed by atoms with Crippen molar-refractivity contribution in [1.82, 2.24) is 5.32 Å². The molecule has 0 bridgehead atoms. The summed E-state index contributed by atoms with van der Waals surface area (Å²) in [6.07, 6.45) is -3.63. The van der Waals surface area contributed by atoms with Crippen molar-refractivity contribution in [3.05, 3.63) is 23.3 Å². The van der Waals surface area contributed by atoms with Crippen LogP contribution < -0.4 is 10.2 Å². The first-order valence-electron chi connectivity index (χ1n) is 6.27. The zero-order valence-electron chi connectivity index (χ0n) is 10.5. The maximum atomic E-state index is 13.1. The summed E-state index contributed by atoms with van der Waals surface area (Å²) >= 11 is 0. The van der Waals surface area contributed by atoms with Crippen LogP contribution in [0.4, 0.5) is 18.9 Å². The molecule has 0 aromatic heterocycles. The number of phenols is 1. The predicted octanol–water partition coefficient (Wildman–Crippen LogP) is 2.31. The van der Waals surface area contributed by atoms with Crippen LogP contribution >= 0.6 is 0 Å². The Morgan fingerprint density at radius 3 is 2.79 bits per heavy atom. The van der Waals surface area contributed by atoms with Crippen LogP contribution in [0.2, 0.25) is 0 Å². The number of rotatable bonds is 0. The number of anilines is 1. The molecule has 2 heterocycles. The number of hydrogen-bond acceptors (Lipinski definition) is 3. The van der Waals surface area contributed by atoms with Gasteiger partial charge in [0.05, 0.1) is 11.3 Å². The van der Waals surface area contributed by atoms with Gasteiger partial charge in [0.1, 0.15) is 5.75 Å². The molecule has 1 fully saturated rings. The quantitative estimate of drug-likeness (QED) is 0.760. The van der Waals surface area contributed by atoms with Crippen LogP contribution in [0.15, 0.2) is 12.1 Å². The lowest BCUT2D eigenvalue weighted by molar-refractivity contribution is -0.137. The summed E-state index contributed by atoms with van der Waals surface area (Å²) in [6, 6.07) is 2.37. The maximum Gasteiger partial charge on any atom is 0.418 e. The summed E-state index contributed by atoms with van der Waals surface area (Å²) in [7, 11) is 1.71. The molecule has 6 heteroatoms. The van der Waals surface area contributed by atoms with Gasteiger partial charge >= 0.3 is 6.18 Å². The number of fused-ring (bicyclic) bond motifs is 3. The van der Waals surface area contributed by atoms with Gasteiger partial charge in [-0.15, -0.1) is 0 Å². The molecule has 2 N–H and O–H groups in total. The highest BCUT2D eigenvalue weighted by Crippen LogP contribution is 2.50. The van der Waals surface area contributed by atoms with E-state index in [-0.39, 0.29) is 23.4 Å². The zero-order chi connectivity index (χ0) is 13.8. The minimum Gasteiger partial charge on any atom is -0.508 e. The monoisotopic (exact) mass is 272 g/mol. The largest absolute Gasteiger partial charge is 0.508 e. The fourth-order valence-electron chi connectivity index (χ4n) is 3.32. The lowest BCUT2D eigenvalue weighted by Gasteiger charge is -2.31. The average Bonchev–Trinajstić information content (AvgIpc) is 2.62. The molecule has 2 atom stereocenters. The molecule has 1 aromatic carbocycles. The van der Waals surface area contributed by atoms with E-state index in [1.807, 2.05) is 0 Å². The molecule has 2 aliphatic heterocycles. The van der Waals surface area contributed by atoms with Gasteiger partial charge in [-0.05, 0) is 30.7 Å². The number of piperidine rings is 1. The van der Waals surface area contributed by atoms with Crippen molar-refractivity contribution in [2.24, 2.45) is 0 Å². The molecular formula is C13H15F3N2O. The second-order valence-electron chi connectivity index (χ2n) is 5.21. The van der Waals surface area contributed by atoms with Crippen molar-refractivity contribution in [1.29, 1.82) is 0 Å². The van der Waals surface area contributed by atoms with Crippen molar-refractivity contribution in [2.45, 2.75) is 24.6 Å². The van der Waals surface area contributed by atoms with Gasteiger partial charge in [0.25, 0.3) is 0 Å². The third kappa shape index (κ3) is 1.85. The minimum absolute atomic E-state index is 0.0157. The van der Waals surface area contributed by atoms with Gasteiger partial charge in [-0.2, -0.15) is 13.2 Å². The summed E-state index contributed by atoms with van der Waals surface area (Å²) in [4.78, 5) is 1.73. The van der Waals surface area contributed by atoms with Crippen LogP contribution in [0.5, 0.6) is 5.75 Å². The van der Waals surface area contributed by atoms with Crippen LogP contribution in [-0.4, -0.2) is 31.3 Å². The van der Waals surface area contributed by atoms with Crippen LogP contribution in [0, 0.1) is 0 Å². The summed E-state index contributed by atoms with van der Waals surface area (Å²) in [5.74, 6) is -0.298. The third-order valence-electron chi connectivity index (χ3n) is 4.12. The SMILES string of the molecule is CN1c2c(cc(O)cc2C(F)(F)F)[C@H]2CNCC[C@H]21. The van der Waals surface area contributed by atoms with E-state index in [1.165, 1.54) is 6.07 Å². The first-order valence-corrected chi connectivity index (χ1v) is 6.27. The van der Waals surface area contributed by atoms with E-state index in [9.17, 15) is 18.3 Å². The highest BCUT2D eigenvalue weighted by atomic mass is 19.4. The topological polar surface area (TPSA) is 35.5 Å². The number of likely N-dealkylation sites (N-methyl/N-ethyl adjacent to an activating group) is 1. The number of benzene rings is 1. The molecular weight excluding hydrogens is 257 g/mol. The lowest BCUT2D eigenvalue weighted by atomic mass is 9.89. The molecule has 3 rings (SSSR count). The number of hydrogen-bond donors (Lipinski definition) is 2. The second kappa shape index (κ2) is 4.03. The first-order chi connectivity index (χ1) is 8.89. The van der Waals surface area contributed by atoms with Gasteiger partial charge < -0.3 is 15.3 Å². The molecule has 1 aromatic rings. The van der Waals surface area contributed by atoms with Gasteiger partial charge in [0, 0.05) is 25.6 Å². The van der Waals surface area contributed by atoms with Crippen molar-refractivity contribution in [2.75, 3.05) is 25.0 Å². The number of nitrogens with zero attached hydrogens (tertiary/aromatic N) is 1. The van der Waals surface area contributed by atoms with E-state index in [4.69, 9.17) is 0 Å². The number of halogens is 3. The van der Waals surface area contributed by atoms with Crippen molar-refractivity contribution >= 4 is 5.69 Å². The summed E-state index contributed by atoms with van der Waals surface area (Å²) in [5.41, 5.74) is 0.0930. The Hall–Kier alpha value is -1.43. The van der Waals surface area contributed by atoms with Gasteiger partial charge in [-0.25, -0.2) is 0 Å². The number of alkyl halides is 3. The van der Waals surface area contributed by atoms with Crippen molar-refractivity contribution in [3.63, 3.8) is 0 Å². The average molecular weight is 272 g/mol. The molecule has 104 valence electrons. The molecule has 0 spiro atoms. The van der Waals surface area contributed by atoms with E-state index in [0.29, 0.717) is 12.1 Å². The molecule has 2 aliphatic rings. The van der Waals surface area contributed by atoms with Crippen LogP contribution in [0.1, 0.15) is 23.5 Å². The van der Waals surface area contributed by atoms with Crippen molar-refractivity contribution < 1.29 is 18.3 Å². The summed E-state index contributed by atoms with van der Waals surface area (Å²) in [6.45, 7) is 1.47. The van der Waals surface area contributed by atoms with E-state index in [1.54, 1.807) is 11.9 Å². The Labute approximate surface area is 109 Å². The van der Waals surface area contributed by atoms with Gasteiger partial charge in [-0.3, -0.25) is 0 Å². The molecule has 0 saturated carbocycles. The molecule has 0 aliphatic carbocycles. The normalized spacial score (nSPS) is 26.2. The molecule has 0 unspecified atom stereocenters. The number of phenolic OH excluding ortho intramolecular Hbond substituents is 1. The zero-order valence-corrected chi connectivity index (χ0v) is 10.5. The smallest absolute Gasteiger partial charge is 0.418 e. The fraction of sp³-hybridized carbons (Fsp3) is 0.538. The lowest BCUT2D eigenvalue weighted by Crippen LogP contribution is -2.42. The second-order valence-corrected chi connectivity index (χ2v) is 5.21. The molecule has 3 nitrogen and oxygen atoms in total. The van der Waals surface area contributed by atoms with Crippen molar-refractivity contribution in [3.8, 4) is 5.75 Å². The Kier molecular flexibility index (Phi) is 2.67. The van der Waals surface area contributed by atoms with Crippen LogP contribution in [0.3, 0.4) is 0 Å². The third-order valence-corrected chi connectivity index (χ3v) is 4.12. The maximum absolute atomic E-state index is 13.1. The number of nitrogens with one attached hydrogen (secondary N) is 1. The molecule has 0 amide bonds. The highest BCUT2D eigenvalue weighted by molar-refractivity contribution is 5.69. The summed E-state index contributed by atoms with van der Waals surface area (Å²) < 4.78 is 39.4. The van der Waals surface area contributed by atoms with Crippen LogP contribution in [0.25, 0.3) is 0 Å². The Morgan fingerprint density at radius 1 is 1.37 bits per heavy atom. The fourth-order valence-corrected chi connectivity index (χ4v) is 3.32. The standard InChI is InChI=1S/C13H15F3N2O/c1-18-11-2-3-17-6-9(11)8-4-7(19)5-10(12(8)18)13(14,15)16/h4-5,9,11,17,19H,2-3,6H2,1H3/t9-,11-/m1/s1. The van der Waals surface area contributed by atoms with Gasteiger partial charge in [-0.1, -0.05) is 0 Å². The van der Waals surface area contributed by atoms with Gasteiger partial charge in [0.2, 0.25) is 0 Å². The Bertz CT molecular complexity index is 515. The Balaban J connectivity index is 2.18. The van der Waals surface area contributed by atoms with Crippen LogP contribution in [-0.2, 0) is 6.18 Å². The first kappa shape index (κ1) is 12.6. The van der Waals surface area contributed by atoms with E-state index < -0.39 is 11.7 Å². The minimum atomic E-state index is -4.45. The molecule has 19 heavy (non-hydrogen) atoms. The highest BCUT2D eigenvalue weighted by Gasteiger charge is 2.45. The molecule has 0 radical (unpaired) electrons. The number of aromatic hydroxyl groups is 1. The summed E-state index contributed by atoms with van der Waals surface area (Å²) in [5, 5.41) is 12.8. The van der Waals surface area contributed by atoms with E-state index >= 15 is 0 Å². The van der Waals surface area contributed by atoms with E-state index in [0.717, 1.165) is 19.0 Å². The Morgan fingerprint density at radius 2 is 2.11 bits per heavy atom. The van der Waals surface area contributed by atoms with Gasteiger partial charge in [0.15, 0.2) is 0 Å². The van der Waals surface area contributed by atoms with E-state index in [2.05, 4.69) is 5.32 Å². The predicted molar refractivity (Wildman–Crippen MR) is 65.5 cm³/mol. The molecule has 1 saturated heterocycles.